The van der Waals surface area contributed by atoms with E-state index >= 15 is 0 Å². The summed E-state index contributed by atoms with van der Waals surface area (Å²) in [6, 6.07) is 1.77. The average Bonchev–Trinajstić information content (AvgIpc) is 2.77. The Kier molecular flexibility index (Phi) is 6.40. The number of ketones is 5. The highest BCUT2D eigenvalue weighted by Gasteiger charge is 2.76. The Morgan fingerprint density at radius 2 is 1.68 bits per heavy atom. The fraction of sp³-hybridized carbons (Fsp3) is 0.581. The van der Waals surface area contributed by atoms with Gasteiger partial charge in [-0.2, -0.15) is 0 Å². The van der Waals surface area contributed by atoms with E-state index in [0.717, 1.165) is 12.5 Å². The van der Waals surface area contributed by atoms with Crippen molar-refractivity contribution in [3.8, 4) is 17.6 Å². The summed E-state index contributed by atoms with van der Waals surface area (Å²) >= 11 is 0. The molecule has 0 amide bonds. The van der Waals surface area contributed by atoms with E-state index in [4.69, 9.17) is 0 Å². The summed E-state index contributed by atoms with van der Waals surface area (Å²) < 4.78 is 0. The summed E-state index contributed by atoms with van der Waals surface area (Å²) in [6.45, 7) is 13.5. The minimum atomic E-state index is -2.69. The molecule has 0 spiro atoms. The lowest BCUT2D eigenvalue weighted by Gasteiger charge is -2.62. The lowest BCUT2D eigenvalue weighted by molar-refractivity contribution is -0.205. The van der Waals surface area contributed by atoms with Gasteiger partial charge >= 0.3 is 0 Å². The summed E-state index contributed by atoms with van der Waals surface area (Å²) in [5, 5.41) is 23.2. The van der Waals surface area contributed by atoms with Gasteiger partial charge in [0.15, 0.2) is 28.7 Å². The molecule has 7 nitrogen and oxygen atoms in total. The number of phenolic OH excluding ortho intramolecular Hbond substituents is 1. The van der Waals surface area contributed by atoms with E-state index in [1.807, 2.05) is 13.8 Å². The number of carbonyl (C=O) groups excluding carboxylic acids is 5. The van der Waals surface area contributed by atoms with Crippen LogP contribution in [0.1, 0.15) is 94.8 Å². The Bertz CT molecular complexity index is 1370. The number of rotatable bonds is 3. The second-order valence-electron chi connectivity index (χ2n) is 12.6. The Morgan fingerprint density at radius 1 is 1.08 bits per heavy atom. The van der Waals surface area contributed by atoms with Crippen LogP contribution in [-0.2, 0) is 25.6 Å². The van der Waals surface area contributed by atoms with Crippen LogP contribution in [0.15, 0.2) is 6.07 Å². The quantitative estimate of drug-likeness (QED) is 0.461. The number of hydrogen-bond acceptors (Lipinski definition) is 7. The van der Waals surface area contributed by atoms with Crippen molar-refractivity contribution in [1.29, 1.82) is 0 Å². The Labute approximate surface area is 223 Å². The molecule has 0 saturated heterocycles. The summed E-state index contributed by atoms with van der Waals surface area (Å²) in [5.41, 5.74) is -3.52. The van der Waals surface area contributed by atoms with Gasteiger partial charge in [-0.3, -0.25) is 24.0 Å². The monoisotopic (exact) mass is 520 g/mol. The number of aromatic hydroxyl groups is 1. The number of phenols is 1. The van der Waals surface area contributed by atoms with E-state index in [1.54, 1.807) is 40.7 Å². The molecule has 0 aliphatic heterocycles. The van der Waals surface area contributed by atoms with Crippen LogP contribution in [-0.4, -0.2) is 44.7 Å². The van der Waals surface area contributed by atoms with Gasteiger partial charge in [-0.25, -0.2) is 0 Å². The lowest BCUT2D eigenvalue weighted by atomic mass is 9.39. The molecule has 1 aromatic rings. The first kappa shape index (κ1) is 27.9. The Morgan fingerprint density at radius 3 is 2.18 bits per heavy atom. The number of fused-ring (bicyclic) bond motifs is 3. The summed E-state index contributed by atoms with van der Waals surface area (Å²) in [6.07, 6.45) is 0.276. The highest BCUT2D eigenvalue weighted by atomic mass is 16.3. The maximum atomic E-state index is 14.3. The summed E-state index contributed by atoms with van der Waals surface area (Å²) in [4.78, 5) is 68.2. The normalized spacial score (nSPS) is 34.4. The van der Waals surface area contributed by atoms with Gasteiger partial charge < -0.3 is 10.2 Å². The molecule has 3 unspecified atom stereocenters. The minimum Gasteiger partial charge on any atom is -0.506 e. The van der Waals surface area contributed by atoms with Crippen molar-refractivity contribution in [3.05, 3.63) is 28.3 Å². The lowest BCUT2D eigenvalue weighted by Crippen LogP contribution is -2.76. The van der Waals surface area contributed by atoms with E-state index in [2.05, 4.69) is 11.8 Å². The van der Waals surface area contributed by atoms with Crippen LogP contribution < -0.4 is 0 Å². The van der Waals surface area contributed by atoms with Crippen molar-refractivity contribution in [1.82, 2.24) is 0 Å². The fourth-order valence-corrected chi connectivity index (χ4v) is 7.98. The van der Waals surface area contributed by atoms with Crippen molar-refractivity contribution >= 4 is 28.9 Å². The van der Waals surface area contributed by atoms with Crippen molar-refractivity contribution < 1.29 is 34.2 Å². The molecule has 6 atom stereocenters. The molecule has 0 bridgehead atoms. The highest BCUT2D eigenvalue weighted by molar-refractivity contribution is 6.32. The van der Waals surface area contributed by atoms with Crippen molar-refractivity contribution in [2.24, 2.45) is 34.5 Å². The molecular formula is C31H36O7. The fourth-order valence-electron chi connectivity index (χ4n) is 7.98. The molecule has 3 aliphatic carbocycles. The van der Waals surface area contributed by atoms with Gasteiger partial charge in [0.05, 0.1) is 17.0 Å². The van der Waals surface area contributed by atoms with E-state index in [0.29, 0.717) is 5.56 Å². The molecule has 4 rings (SSSR count). The van der Waals surface area contributed by atoms with Gasteiger partial charge in [-0.05, 0) is 61.1 Å². The van der Waals surface area contributed by atoms with Gasteiger partial charge in [0.25, 0.3) is 0 Å². The minimum absolute atomic E-state index is 0.000148. The maximum absolute atomic E-state index is 14.3. The van der Waals surface area contributed by atoms with Crippen molar-refractivity contribution in [2.75, 3.05) is 0 Å². The molecule has 0 heterocycles. The highest BCUT2D eigenvalue weighted by Crippen LogP contribution is 2.64. The van der Waals surface area contributed by atoms with E-state index in [1.165, 1.54) is 0 Å². The molecular weight excluding hydrogens is 484 g/mol. The molecule has 3 aliphatic rings. The number of hydrogen-bond donors (Lipinski definition) is 2. The zero-order valence-corrected chi connectivity index (χ0v) is 23.3. The molecule has 0 aromatic heterocycles. The van der Waals surface area contributed by atoms with Crippen molar-refractivity contribution in [2.45, 2.75) is 79.8 Å². The van der Waals surface area contributed by atoms with Gasteiger partial charge in [0.2, 0.25) is 0 Å². The molecule has 38 heavy (non-hydrogen) atoms. The summed E-state index contributed by atoms with van der Waals surface area (Å²) in [5.74, 6) is -3.38. The van der Waals surface area contributed by atoms with E-state index in [-0.39, 0.29) is 41.6 Å². The number of carbonyl (C=O) groups is 5. The predicted octanol–water partition coefficient (Wildman–Crippen LogP) is 3.59. The number of aliphatic hydroxyl groups is 1. The molecule has 2 fully saturated rings. The summed E-state index contributed by atoms with van der Waals surface area (Å²) in [7, 11) is 0. The first-order chi connectivity index (χ1) is 17.5. The number of Topliss-reactive ketones (excluding diaryl/α,β-unsaturated/α-hetero) is 5. The maximum Gasteiger partial charge on any atom is 0.190 e. The molecule has 0 radical (unpaired) electrons. The van der Waals surface area contributed by atoms with Crippen molar-refractivity contribution in [3.63, 3.8) is 0 Å². The third-order valence-corrected chi connectivity index (χ3v) is 9.30. The van der Waals surface area contributed by atoms with Crippen LogP contribution in [0, 0.1) is 46.3 Å². The van der Waals surface area contributed by atoms with Crippen LogP contribution in [0.3, 0.4) is 0 Å². The van der Waals surface area contributed by atoms with Crippen LogP contribution in [0.5, 0.6) is 5.75 Å². The van der Waals surface area contributed by atoms with Gasteiger partial charge in [0.1, 0.15) is 17.5 Å². The van der Waals surface area contributed by atoms with Crippen LogP contribution in [0.4, 0.5) is 0 Å². The van der Waals surface area contributed by atoms with Crippen LogP contribution in [0.2, 0.25) is 0 Å². The second-order valence-corrected chi connectivity index (χ2v) is 12.6. The van der Waals surface area contributed by atoms with Gasteiger partial charge in [-0.1, -0.05) is 47.5 Å². The predicted molar refractivity (Wildman–Crippen MR) is 140 cm³/mol. The topological polar surface area (TPSA) is 126 Å². The Balaban J connectivity index is 2.03. The largest absolute Gasteiger partial charge is 0.506 e. The van der Waals surface area contributed by atoms with Gasteiger partial charge in [-0.15, -0.1) is 5.92 Å². The van der Waals surface area contributed by atoms with Gasteiger partial charge in [0, 0.05) is 11.3 Å². The Hall–Kier alpha value is -3.11. The van der Waals surface area contributed by atoms with Crippen LogP contribution >= 0.6 is 0 Å². The second kappa shape index (κ2) is 8.71. The zero-order valence-electron chi connectivity index (χ0n) is 23.3. The first-order valence-electron chi connectivity index (χ1n) is 13.2. The third kappa shape index (κ3) is 3.35. The SMILES string of the molecule is CC#Cc1cc(C(C)C)c2c(c1O)C(=O)C1C(=O)[C@@]3(O)C(=O)C(C(C)=O)C(=O)C(C(C)C)[C@@]3(C)C[C@@]1(C)C2. The van der Waals surface area contributed by atoms with E-state index < -0.39 is 63.1 Å². The molecule has 202 valence electrons. The molecule has 1 aromatic carbocycles. The smallest absolute Gasteiger partial charge is 0.190 e. The zero-order chi connectivity index (χ0) is 28.7. The van der Waals surface area contributed by atoms with Crippen LogP contribution in [0.25, 0.3) is 0 Å². The van der Waals surface area contributed by atoms with E-state index in [9.17, 15) is 34.2 Å². The first-order valence-corrected chi connectivity index (χ1v) is 13.2. The number of benzene rings is 1. The standard InChI is InChI=1S/C31H36O7/c1-9-10-17-11-18(14(2)3)19-12-29(7)13-30(8)22(15(4)5)25(34)20(16(6)32)27(36)31(30,38)28(37)23(29)26(35)21(19)24(17)33/h11,14-15,20,22-23,33,38H,12-13H2,1-8H3/t20?,22?,23?,29-,30-,31+/m1/s1. The molecule has 2 N–H and O–H groups in total. The average molecular weight is 521 g/mol. The molecule has 7 heteroatoms. The molecule has 2 saturated carbocycles. The third-order valence-electron chi connectivity index (χ3n) is 9.30.